The summed E-state index contributed by atoms with van der Waals surface area (Å²) in [4.78, 5) is 3.98. The summed E-state index contributed by atoms with van der Waals surface area (Å²) in [5.41, 5.74) is 2.19. The van der Waals surface area contributed by atoms with E-state index in [-0.39, 0.29) is 0 Å². The van der Waals surface area contributed by atoms with E-state index in [1.165, 1.54) is 0 Å². The molecule has 3 heteroatoms. The number of benzene rings is 1. The standard InChI is InChI=1S/C11H7BrClN/c12-10-9(6-7-14-11(10)13)8-4-2-1-3-5-8/h1-7H. The van der Waals surface area contributed by atoms with Crippen LogP contribution < -0.4 is 0 Å². The van der Waals surface area contributed by atoms with E-state index in [2.05, 4.69) is 20.9 Å². The molecule has 0 bridgehead atoms. The molecule has 14 heavy (non-hydrogen) atoms. The van der Waals surface area contributed by atoms with Crippen molar-refractivity contribution in [3.63, 3.8) is 0 Å². The van der Waals surface area contributed by atoms with Gasteiger partial charge in [-0.15, -0.1) is 0 Å². The molecule has 0 radical (unpaired) electrons. The summed E-state index contributed by atoms with van der Waals surface area (Å²) >= 11 is 9.33. The number of hydrogen-bond acceptors (Lipinski definition) is 1. The van der Waals surface area contributed by atoms with Crippen molar-refractivity contribution in [2.24, 2.45) is 0 Å². The normalized spacial score (nSPS) is 10.1. The summed E-state index contributed by atoms with van der Waals surface area (Å²) in [6, 6.07) is 12.0. The van der Waals surface area contributed by atoms with Gasteiger partial charge >= 0.3 is 0 Å². The minimum atomic E-state index is 0.492. The second kappa shape index (κ2) is 4.11. The highest BCUT2D eigenvalue weighted by atomic mass is 79.9. The molecule has 0 spiro atoms. The number of hydrogen-bond donors (Lipinski definition) is 0. The fraction of sp³-hybridized carbons (Fsp3) is 0. The Kier molecular flexibility index (Phi) is 2.85. The molecule has 0 aliphatic heterocycles. The molecule has 2 aromatic rings. The van der Waals surface area contributed by atoms with E-state index in [9.17, 15) is 0 Å². The summed E-state index contributed by atoms with van der Waals surface area (Å²) in [5, 5.41) is 0.492. The summed E-state index contributed by atoms with van der Waals surface area (Å²) in [6.07, 6.45) is 1.70. The predicted octanol–water partition coefficient (Wildman–Crippen LogP) is 4.16. The van der Waals surface area contributed by atoms with Crippen LogP contribution in [0.25, 0.3) is 11.1 Å². The first-order valence-electron chi connectivity index (χ1n) is 4.14. The molecule has 1 aromatic carbocycles. The first-order valence-corrected chi connectivity index (χ1v) is 5.31. The summed E-state index contributed by atoms with van der Waals surface area (Å²) < 4.78 is 0.841. The molecule has 0 aliphatic carbocycles. The molecular formula is C11H7BrClN. The average molecular weight is 269 g/mol. The van der Waals surface area contributed by atoms with Gasteiger partial charge in [-0.2, -0.15) is 0 Å². The maximum absolute atomic E-state index is 5.91. The van der Waals surface area contributed by atoms with Crippen LogP contribution in [0.15, 0.2) is 47.1 Å². The Bertz CT molecular complexity index is 442. The maximum Gasteiger partial charge on any atom is 0.143 e. The van der Waals surface area contributed by atoms with E-state index in [1.54, 1.807) is 6.20 Å². The van der Waals surface area contributed by atoms with Gasteiger partial charge in [0.05, 0.1) is 4.47 Å². The van der Waals surface area contributed by atoms with Crippen molar-refractivity contribution >= 4 is 27.5 Å². The summed E-state index contributed by atoms with van der Waals surface area (Å²) in [5.74, 6) is 0. The molecule has 0 aliphatic rings. The van der Waals surface area contributed by atoms with Crippen LogP contribution in [-0.2, 0) is 0 Å². The van der Waals surface area contributed by atoms with Crippen molar-refractivity contribution in [3.8, 4) is 11.1 Å². The smallest absolute Gasteiger partial charge is 0.143 e. The number of pyridine rings is 1. The van der Waals surface area contributed by atoms with Crippen LogP contribution in [0.4, 0.5) is 0 Å². The quantitative estimate of drug-likeness (QED) is 0.708. The van der Waals surface area contributed by atoms with Gasteiger partial charge in [0.15, 0.2) is 0 Å². The van der Waals surface area contributed by atoms with Crippen LogP contribution in [-0.4, -0.2) is 4.98 Å². The zero-order chi connectivity index (χ0) is 9.97. The summed E-state index contributed by atoms with van der Waals surface area (Å²) in [6.45, 7) is 0. The van der Waals surface area contributed by atoms with Crippen molar-refractivity contribution in [2.45, 2.75) is 0 Å². The number of halogens is 2. The molecular weight excluding hydrogens is 261 g/mol. The Morgan fingerprint density at radius 3 is 2.50 bits per heavy atom. The highest BCUT2D eigenvalue weighted by Gasteiger charge is 2.05. The van der Waals surface area contributed by atoms with Crippen molar-refractivity contribution in [1.82, 2.24) is 4.98 Å². The average Bonchev–Trinajstić information content (AvgIpc) is 2.23. The minimum absolute atomic E-state index is 0.492. The molecule has 70 valence electrons. The molecule has 0 amide bonds. The second-order valence-corrected chi connectivity index (χ2v) is 3.98. The van der Waals surface area contributed by atoms with Gasteiger partial charge in [0.1, 0.15) is 5.15 Å². The van der Waals surface area contributed by atoms with E-state index in [1.807, 2.05) is 36.4 Å². The van der Waals surface area contributed by atoms with Gasteiger partial charge < -0.3 is 0 Å². The molecule has 2 rings (SSSR count). The topological polar surface area (TPSA) is 12.9 Å². The van der Waals surface area contributed by atoms with Gasteiger partial charge in [-0.25, -0.2) is 4.98 Å². The van der Waals surface area contributed by atoms with Crippen molar-refractivity contribution in [1.29, 1.82) is 0 Å². The van der Waals surface area contributed by atoms with Gasteiger partial charge in [-0.1, -0.05) is 41.9 Å². The van der Waals surface area contributed by atoms with Gasteiger partial charge in [-0.05, 0) is 27.6 Å². The number of rotatable bonds is 1. The van der Waals surface area contributed by atoms with E-state index >= 15 is 0 Å². The van der Waals surface area contributed by atoms with Gasteiger partial charge in [-0.3, -0.25) is 0 Å². The zero-order valence-corrected chi connectivity index (χ0v) is 9.59. The lowest BCUT2D eigenvalue weighted by molar-refractivity contribution is 1.31. The van der Waals surface area contributed by atoms with Crippen LogP contribution >= 0.6 is 27.5 Å². The van der Waals surface area contributed by atoms with Crippen LogP contribution in [0.3, 0.4) is 0 Å². The third-order valence-corrected chi connectivity index (χ3v) is 3.25. The fourth-order valence-corrected chi connectivity index (χ4v) is 1.88. The minimum Gasteiger partial charge on any atom is -0.243 e. The molecule has 0 unspecified atom stereocenters. The Hall–Kier alpha value is -0.860. The van der Waals surface area contributed by atoms with Crippen molar-refractivity contribution in [3.05, 3.63) is 52.2 Å². The molecule has 0 N–H and O–H groups in total. The lowest BCUT2D eigenvalue weighted by Crippen LogP contribution is -1.82. The Balaban J connectivity index is 2.58. The van der Waals surface area contributed by atoms with Crippen LogP contribution in [0.2, 0.25) is 5.15 Å². The Labute approximate surface area is 95.9 Å². The lowest BCUT2D eigenvalue weighted by atomic mass is 10.1. The highest BCUT2D eigenvalue weighted by molar-refractivity contribution is 9.10. The molecule has 1 heterocycles. The SMILES string of the molecule is Clc1nccc(-c2ccccc2)c1Br. The first-order chi connectivity index (χ1) is 6.79. The van der Waals surface area contributed by atoms with Crippen LogP contribution in [0.5, 0.6) is 0 Å². The third kappa shape index (κ3) is 1.81. The molecule has 0 atom stereocenters. The van der Waals surface area contributed by atoms with E-state index in [4.69, 9.17) is 11.6 Å². The number of aromatic nitrogens is 1. The van der Waals surface area contributed by atoms with E-state index in [0.29, 0.717) is 5.15 Å². The largest absolute Gasteiger partial charge is 0.243 e. The zero-order valence-electron chi connectivity index (χ0n) is 7.24. The molecule has 0 saturated carbocycles. The fourth-order valence-electron chi connectivity index (χ4n) is 1.26. The first kappa shape index (κ1) is 9.69. The third-order valence-electron chi connectivity index (χ3n) is 1.93. The van der Waals surface area contributed by atoms with Gasteiger partial charge in [0, 0.05) is 11.8 Å². The van der Waals surface area contributed by atoms with Crippen molar-refractivity contribution in [2.75, 3.05) is 0 Å². The lowest BCUT2D eigenvalue weighted by Gasteiger charge is -2.04. The van der Waals surface area contributed by atoms with E-state index in [0.717, 1.165) is 15.6 Å². The van der Waals surface area contributed by atoms with Gasteiger partial charge in [0.25, 0.3) is 0 Å². The maximum atomic E-state index is 5.91. The monoisotopic (exact) mass is 267 g/mol. The Morgan fingerprint density at radius 2 is 1.79 bits per heavy atom. The molecule has 0 fully saturated rings. The number of nitrogens with zero attached hydrogens (tertiary/aromatic N) is 1. The second-order valence-electron chi connectivity index (χ2n) is 2.83. The van der Waals surface area contributed by atoms with Crippen molar-refractivity contribution < 1.29 is 0 Å². The molecule has 0 saturated heterocycles. The molecule has 1 nitrogen and oxygen atoms in total. The summed E-state index contributed by atoms with van der Waals surface area (Å²) in [7, 11) is 0. The Morgan fingerprint density at radius 1 is 1.07 bits per heavy atom. The van der Waals surface area contributed by atoms with Gasteiger partial charge in [0.2, 0.25) is 0 Å². The van der Waals surface area contributed by atoms with Crippen LogP contribution in [0, 0.1) is 0 Å². The van der Waals surface area contributed by atoms with E-state index < -0.39 is 0 Å². The predicted molar refractivity (Wildman–Crippen MR) is 62.4 cm³/mol. The highest BCUT2D eigenvalue weighted by Crippen LogP contribution is 2.31. The van der Waals surface area contributed by atoms with Crippen LogP contribution in [0.1, 0.15) is 0 Å². The molecule has 1 aromatic heterocycles.